The molecule has 0 saturated heterocycles. The van der Waals surface area contributed by atoms with E-state index in [0.29, 0.717) is 17.1 Å². The number of allylic oxidation sites excluding steroid dienone is 3. The number of nitrogens with one attached hydrogen (secondary N) is 2. The minimum atomic E-state index is -0.159. The Morgan fingerprint density at radius 3 is 2.65 bits per heavy atom. The summed E-state index contributed by atoms with van der Waals surface area (Å²) in [6.45, 7) is 5.26. The van der Waals surface area contributed by atoms with Crippen molar-refractivity contribution in [1.29, 1.82) is 0 Å². The molecule has 122 valence electrons. The van der Waals surface area contributed by atoms with Crippen molar-refractivity contribution in [3.63, 3.8) is 0 Å². The number of carbonyl (C=O) groups is 1. The first-order valence-electron chi connectivity index (χ1n) is 7.14. The zero-order valence-corrected chi connectivity index (χ0v) is 14.0. The van der Waals surface area contributed by atoms with Gasteiger partial charge in [-0.15, -0.1) is 5.11 Å². The summed E-state index contributed by atoms with van der Waals surface area (Å²) in [5.74, 6) is -0.159. The van der Waals surface area contributed by atoms with Crippen LogP contribution >= 0.6 is 0 Å². The van der Waals surface area contributed by atoms with E-state index < -0.39 is 0 Å². The van der Waals surface area contributed by atoms with Crippen LogP contribution in [0.15, 0.2) is 65.1 Å². The minimum absolute atomic E-state index is 0.159. The molecule has 1 amide bonds. The molecule has 1 rings (SSSR count). The Kier molecular flexibility index (Phi) is 7.26. The van der Waals surface area contributed by atoms with Gasteiger partial charge in [-0.2, -0.15) is 5.11 Å². The smallest absolute Gasteiger partial charge is 0.221 e. The Balaban J connectivity index is 2.95. The molecule has 0 aliphatic rings. The van der Waals surface area contributed by atoms with Crippen molar-refractivity contribution >= 4 is 23.0 Å². The molecule has 6 heteroatoms. The number of benzene rings is 1. The molecule has 23 heavy (non-hydrogen) atoms. The first-order chi connectivity index (χ1) is 10.9. The summed E-state index contributed by atoms with van der Waals surface area (Å²) in [5, 5.41) is 13.9. The number of carbonyl (C=O) groups excluding carboxylic acids is 1. The number of hydrogen-bond acceptors (Lipinski definition) is 5. The van der Waals surface area contributed by atoms with Gasteiger partial charge < -0.3 is 15.5 Å². The van der Waals surface area contributed by atoms with Crippen molar-refractivity contribution in [1.82, 2.24) is 5.32 Å². The second-order valence-corrected chi connectivity index (χ2v) is 4.98. The maximum Gasteiger partial charge on any atom is 0.221 e. The van der Waals surface area contributed by atoms with E-state index >= 15 is 0 Å². The fourth-order valence-electron chi connectivity index (χ4n) is 1.65. The predicted molar refractivity (Wildman–Crippen MR) is 96.1 cm³/mol. The normalized spacial score (nSPS) is 11.3. The van der Waals surface area contributed by atoms with Gasteiger partial charge in [0.15, 0.2) is 0 Å². The number of amides is 1. The Morgan fingerprint density at radius 1 is 1.30 bits per heavy atom. The highest BCUT2D eigenvalue weighted by atomic mass is 16.1. The monoisotopic (exact) mass is 313 g/mol. The summed E-state index contributed by atoms with van der Waals surface area (Å²) >= 11 is 0. The molecule has 0 radical (unpaired) electrons. The van der Waals surface area contributed by atoms with E-state index in [1.54, 1.807) is 12.3 Å². The molecule has 0 spiro atoms. The van der Waals surface area contributed by atoms with Gasteiger partial charge in [0, 0.05) is 33.8 Å². The predicted octanol–water partition coefficient (Wildman–Crippen LogP) is 3.60. The third-order valence-electron chi connectivity index (χ3n) is 2.76. The Hall–Kier alpha value is -2.89. The molecular formula is C17H23N5O. The van der Waals surface area contributed by atoms with Crippen LogP contribution in [0.2, 0.25) is 0 Å². The van der Waals surface area contributed by atoms with Crippen molar-refractivity contribution in [3.8, 4) is 0 Å². The fraction of sp³-hybridized carbons (Fsp3) is 0.235. The highest BCUT2D eigenvalue weighted by molar-refractivity contribution is 5.92. The molecule has 0 heterocycles. The second kappa shape index (κ2) is 9.19. The molecule has 1 aromatic rings. The molecular weight excluding hydrogens is 290 g/mol. The molecule has 0 aliphatic heterocycles. The molecule has 0 aliphatic carbocycles. The van der Waals surface area contributed by atoms with Crippen LogP contribution in [0.5, 0.6) is 0 Å². The fourth-order valence-corrected chi connectivity index (χ4v) is 1.65. The van der Waals surface area contributed by atoms with Gasteiger partial charge in [-0.1, -0.05) is 12.7 Å². The lowest BCUT2D eigenvalue weighted by Crippen LogP contribution is -2.10. The first kappa shape index (κ1) is 18.2. The van der Waals surface area contributed by atoms with Gasteiger partial charge in [0.2, 0.25) is 5.91 Å². The Morgan fingerprint density at radius 2 is 2.04 bits per heavy atom. The highest BCUT2D eigenvalue weighted by Crippen LogP contribution is 2.30. The third kappa shape index (κ3) is 6.60. The summed E-state index contributed by atoms with van der Waals surface area (Å²) in [5.41, 5.74) is 2.66. The van der Waals surface area contributed by atoms with Crippen LogP contribution in [-0.4, -0.2) is 27.1 Å². The maximum absolute atomic E-state index is 11.3. The minimum Gasteiger partial charge on any atom is -0.394 e. The molecule has 2 N–H and O–H groups in total. The lowest BCUT2D eigenvalue weighted by atomic mass is 10.2. The maximum atomic E-state index is 11.3. The zero-order chi connectivity index (χ0) is 17.2. The van der Waals surface area contributed by atoms with Crippen molar-refractivity contribution in [2.75, 3.05) is 31.4 Å². The first-order valence-corrected chi connectivity index (χ1v) is 7.14. The van der Waals surface area contributed by atoms with Crippen LogP contribution in [0.4, 0.5) is 17.1 Å². The summed E-state index contributed by atoms with van der Waals surface area (Å²) in [7, 11) is 5.68. The van der Waals surface area contributed by atoms with E-state index in [9.17, 15) is 4.79 Å². The number of anilines is 2. The van der Waals surface area contributed by atoms with Gasteiger partial charge in [0.05, 0.1) is 11.4 Å². The molecule has 0 fully saturated rings. The van der Waals surface area contributed by atoms with Gasteiger partial charge in [0.1, 0.15) is 5.69 Å². The summed E-state index contributed by atoms with van der Waals surface area (Å²) < 4.78 is 0. The van der Waals surface area contributed by atoms with Gasteiger partial charge >= 0.3 is 0 Å². The number of nitrogens with zero attached hydrogens (tertiary/aromatic N) is 3. The molecule has 0 saturated carbocycles. The quantitative estimate of drug-likeness (QED) is 0.597. The molecule has 0 atom stereocenters. The number of hydrogen-bond donors (Lipinski definition) is 2. The molecule has 6 nitrogen and oxygen atoms in total. The average Bonchev–Trinajstić information content (AvgIpc) is 2.49. The van der Waals surface area contributed by atoms with E-state index in [-0.39, 0.29) is 5.91 Å². The van der Waals surface area contributed by atoms with Crippen LogP contribution < -0.4 is 15.5 Å². The lowest BCUT2D eigenvalue weighted by molar-refractivity contribution is -0.114. The van der Waals surface area contributed by atoms with Crippen LogP contribution in [-0.2, 0) is 4.79 Å². The van der Waals surface area contributed by atoms with E-state index in [0.717, 1.165) is 5.69 Å². The number of rotatable bonds is 7. The van der Waals surface area contributed by atoms with Gasteiger partial charge in [-0.3, -0.25) is 4.79 Å². The summed E-state index contributed by atoms with van der Waals surface area (Å²) in [4.78, 5) is 13.3. The van der Waals surface area contributed by atoms with Gasteiger partial charge in [0.25, 0.3) is 0 Å². The van der Waals surface area contributed by atoms with Crippen LogP contribution in [0.3, 0.4) is 0 Å². The van der Waals surface area contributed by atoms with Crippen molar-refractivity contribution in [2.24, 2.45) is 10.2 Å². The van der Waals surface area contributed by atoms with Crippen LogP contribution in [0.1, 0.15) is 6.92 Å². The van der Waals surface area contributed by atoms with Crippen LogP contribution in [0, 0.1) is 0 Å². The molecule has 0 unspecified atom stereocenters. The molecule has 0 aromatic heterocycles. The number of azo groups is 1. The van der Waals surface area contributed by atoms with Crippen molar-refractivity contribution in [2.45, 2.75) is 6.92 Å². The SMILES string of the molecule is C=C(/C=C\C=C/NC)N=Nc1ccc(N(C)C)cc1NC(C)=O. The molecule has 1 aromatic carbocycles. The Labute approximate surface area is 137 Å². The standard InChI is InChI=1S/C17H23N5O/c1-13(8-6-7-11-18-3)20-21-16-10-9-15(22(4)5)12-17(16)19-14(2)23/h6-12,18H,1H2,2-5H3,(H,19,23)/b8-6-,11-7-,21-20?. The van der Waals surface area contributed by atoms with Gasteiger partial charge in [-0.25, -0.2) is 0 Å². The highest BCUT2D eigenvalue weighted by Gasteiger charge is 2.06. The van der Waals surface area contributed by atoms with E-state index in [1.807, 2.05) is 56.4 Å². The van der Waals surface area contributed by atoms with E-state index in [2.05, 4.69) is 27.4 Å². The van der Waals surface area contributed by atoms with Crippen LogP contribution in [0.25, 0.3) is 0 Å². The van der Waals surface area contributed by atoms with Gasteiger partial charge in [-0.05, 0) is 36.6 Å². The topological polar surface area (TPSA) is 69.1 Å². The average molecular weight is 313 g/mol. The van der Waals surface area contributed by atoms with Crippen molar-refractivity contribution in [3.05, 3.63) is 54.9 Å². The Bertz CT molecular complexity index is 644. The zero-order valence-electron chi connectivity index (χ0n) is 14.0. The van der Waals surface area contributed by atoms with E-state index in [1.165, 1.54) is 6.92 Å². The summed E-state index contributed by atoms with van der Waals surface area (Å²) in [6.07, 6.45) is 7.16. The molecule has 0 bridgehead atoms. The second-order valence-electron chi connectivity index (χ2n) is 4.98. The largest absolute Gasteiger partial charge is 0.394 e. The third-order valence-corrected chi connectivity index (χ3v) is 2.76. The lowest BCUT2D eigenvalue weighted by Gasteiger charge is -2.15. The van der Waals surface area contributed by atoms with E-state index in [4.69, 9.17) is 0 Å². The summed E-state index contributed by atoms with van der Waals surface area (Å²) in [6, 6.07) is 5.57. The van der Waals surface area contributed by atoms with Crippen molar-refractivity contribution < 1.29 is 4.79 Å².